The maximum Gasteiger partial charge on any atom is 0.130 e. The molecule has 0 radical (unpaired) electrons. The van der Waals surface area contributed by atoms with Gasteiger partial charge in [-0.05, 0) is 11.3 Å². The topological polar surface area (TPSA) is 36.8 Å². The van der Waals surface area contributed by atoms with E-state index in [9.17, 15) is 0 Å². The fourth-order valence-electron chi connectivity index (χ4n) is 1.51. The Kier molecular flexibility index (Phi) is 4.95. The van der Waals surface area contributed by atoms with Crippen LogP contribution < -0.4 is 5.32 Å². The minimum Gasteiger partial charge on any atom is -0.381 e. The summed E-state index contributed by atoms with van der Waals surface area (Å²) in [6.45, 7) is 5.21. The number of halogens is 2. The molecule has 1 N–H and O–H groups in total. The number of anilines is 1. The molecule has 98 valence electrons. The number of benzene rings is 1. The van der Waals surface area contributed by atoms with Crippen LogP contribution >= 0.6 is 35.0 Å². The molecule has 2 rings (SSSR count). The molecule has 0 aromatic heterocycles. The van der Waals surface area contributed by atoms with Crippen LogP contribution in [0.25, 0.3) is 0 Å². The lowest BCUT2D eigenvalue weighted by molar-refractivity contribution is 1.10. The maximum atomic E-state index is 6.19. The third-order valence-corrected chi connectivity index (χ3v) is 4.52. The zero-order chi connectivity index (χ0) is 13.1. The van der Waals surface area contributed by atoms with E-state index < -0.39 is 0 Å². The molecule has 0 saturated carbocycles. The van der Waals surface area contributed by atoms with E-state index in [1.807, 2.05) is 11.8 Å². The minimum absolute atomic E-state index is 0.547. The van der Waals surface area contributed by atoms with E-state index in [2.05, 4.69) is 27.9 Å². The van der Waals surface area contributed by atoms with Crippen molar-refractivity contribution in [1.82, 2.24) is 0 Å². The highest BCUT2D eigenvalue weighted by molar-refractivity contribution is 7.99. The molecule has 7 heteroatoms. The highest BCUT2D eigenvalue weighted by Gasteiger charge is 2.18. The summed E-state index contributed by atoms with van der Waals surface area (Å²) < 4.78 is 8.42. The number of hydrogen-bond donors (Lipinski definition) is 1. The maximum absolute atomic E-state index is 6.19. The molecule has 0 aliphatic carbocycles. The van der Waals surface area contributed by atoms with Crippen molar-refractivity contribution in [2.24, 2.45) is 8.73 Å². The molecule has 0 bridgehead atoms. The number of nitrogens with zero attached hydrogens (tertiary/aromatic N) is 2. The Hall–Kier alpha value is -0.230. The number of rotatable bonds is 5. The van der Waals surface area contributed by atoms with Gasteiger partial charge in [-0.2, -0.15) is 20.5 Å². The van der Waals surface area contributed by atoms with Crippen molar-refractivity contribution in [3.05, 3.63) is 16.1 Å². The first kappa shape index (κ1) is 14.2. The van der Waals surface area contributed by atoms with Gasteiger partial charge in [0.25, 0.3) is 0 Å². The lowest BCUT2D eigenvalue weighted by Crippen LogP contribution is -2.06. The Morgan fingerprint density at radius 3 is 2.72 bits per heavy atom. The van der Waals surface area contributed by atoms with Crippen LogP contribution in [0.2, 0.25) is 10.0 Å². The van der Waals surface area contributed by atoms with Crippen molar-refractivity contribution in [2.45, 2.75) is 19.1 Å². The minimum atomic E-state index is 0.547. The predicted molar refractivity (Wildman–Crippen MR) is 84.1 cm³/mol. The van der Waals surface area contributed by atoms with Crippen LogP contribution in [0.1, 0.15) is 13.8 Å². The van der Waals surface area contributed by atoms with Gasteiger partial charge in [0, 0.05) is 12.3 Å². The Morgan fingerprint density at radius 1 is 1.28 bits per heavy atom. The van der Waals surface area contributed by atoms with Gasteiger partial charge in [-0.1, -0.05) is 37.0 Å². The molecule has 1 aliphatic rings. The molecule has 1 aliphatic heterocycles. The van der Waals surface area contributed by atoms with E-state index in [0.29, 0.717) is 21.0 Å². The van der Waals surface area contributed by atoms with E-state index in [0.717, 1.165) is 35.0 Å². The molecule has 3 nitrogen and oxygen atoms in total. The van der Waals surface area contributed by atoms with Gasteiger partial charge in [0.05, 0.1) is 27.1 Å². The fraction of sp³-hybridized carbons (Fsp3) is 0.455. The average molecular weight is 322 g/mol. The molecule has 1 heterocycles. The smallest absolute Gasteiger partial charge is 0.130 e. The summed E-state index contributed by atoms with van der Waals surface area (Å²) in [6, 6.07) is 1.71. The number of fused-ring (bicyclic) bond motifs is 1. The summed E-state index contributed by atoms with van der Waals surface area (Å²) >= 11 is 15.3. The largest absolute Gasteiger partial charge is 0.381 e. The Morgan fingerprint density at radius 2 is 2.00 bits per heavy atom. The van der Waals surface area contributed by atoms with Gasteiger partial charge in [-0.25, -0.2) is 0 Å². The third-order valence-electron chi connectivity index (χ3n) is 2.30. The van der Waals surface area contributed by atoms with Crippen molar-refractivity contribution in [3.8, 4) is 0 Å². The highest BCUT2D eigenvalue weighted by atomic mass is 35.5. The SMILES string of the molecule is CC(C)SCCNc1c(Cl)cc(Cl)c2c1N=S=N2. The molecule has 0 amide bonds. The van der Waals surface area contributed by atoms with Crippen LogP contribution in [0.5, 0.6) is 0 Å². The van der Waals surface area contributed by atoms with Crippen LogP contribution in [0.3, 0.4) is 0 Å². The summed E-state index contributed by atoms with van der Waals surface area (Å²) in [5.41, 5.74) is 2.30. The summed E-state index contributed by atoms with van der Waals surface area (Å²) in [4.78, 5) is 0. The second kappa shape index (κ2) is 6.28. The zero-order valence-corrected chi connectivity index (χ0v) is 13.2. The highest BCUT2D eigenvalue weighted by Crippen LogP contribution is 2.47. The van der Waals surface area contributed by atoms with Crippen molar-refractivity contribution in [1.29, 1.82) is 0 Å². The molecular weight excluding hydrogens is 309 g/mol. The Labute approximate surface area is 125 Å². The fourth-order valence-corrected chi connectivity index (χ4v) is 3.38. The van der Waals surface area contributed by atoms with E-state index >= 15 is 0 Å². The second-order valence-corrected chi connectivity index (χ2v) is 7.05. The first-order chi connectivity index (χ1) is 8.59. The molecule has 18 heavy (non-hydrogen) atoms. The van der Waals surface area contributed by atoms with Crippen LogP contribution in [-0.2, 0) is 11.4 Å². The van der Waals surface area contributed by atoms with Gasteiger partial charge in [-0.15, -0.1) is 0 Å². The summed E-state index contributed by atoms with van der Waals surface area (Å²) in [5.74, 6) is 1.02. The quantitative estimate of drug-likeness (QED) is 0.761. The summed E-state index contributed by atoms with van der Waals surface area (Å²) in [7, 11) is 0. The lowest BCUT2D eigenvalue weighted by atomic mass is 10.2. The molecule has 0 spiro atoms. The van der Waals surface area contributed by atoms with E-state index in [-0.39, 0.29) is 0 Å². The average Bonchev–Trinajstić information content (AvgIpc) is 2.76. The van der Waals surface area contributed by atoms with E-state index in [4.69, 9.17) is 23.2 Å². The summed E-state index contributed by atoms with van der Waals surface area (Å²) in [6.07, 6.45) is 0. The van der Waals surface area contributed by atoms with Crippen LogP contribution in [-0.4, -0.2) is 17.5 Å². The normalized spacial score (nSPS) is 12.7. The van der Waals surface area contributed by atoms with E-state index in [1.165, 1.54) is 0 Å². The summed E-state index contributed by atoms with van der Waals surface area (Å²) in [5, 5.41) is 5.09. The van der Waals surface area contributed by atoms with Crippen LogP contribution in [0, 0.1) is 0 Å². The monoisotopic (exact) mass is 321 g/mol. The molecule has 0 unspecified atom stereocenters. The predicted octanol–water partition coefficient (Wildman–Crippen LogP) is 5.27. The molecule has 0 atom stereocenters. The zero-order valence-electron chi connectivity index (χ0n) is 10.0. The second-order valence-electron chi connectivity index (χ2n) is 4.02. The molecule has 1 aromatic carbocycles. The number of thioether (sulfide) groups is 1. The van der Waals surface area contributed by atoms with Gasteiger partial charge in [0.15, 0.2) is 0 Å². The van der Waals surface area contributed by atoms with Gasteiger partial charge in [-0.3, -0.25) is 0 Å². The molecule has 1 aromatic rings. The van der Waals surface area contributed by atoms with Crippen molar-refractivity contribution in [3.63, 3.8) is 0 Å². The molecule has 0 fully saturated rings. The van der Waals surface area contributed by atoms with Crippen molar-refractivity contribution >= 4 is 63.4 Å². The Bertz CT molecular complexity index is 526. The van der Waals surface area contributed by atoms with Crippen LogP contribution in [0.15, 0.2) is 14.8 Å². The van der Waals surface area contributed by atoms with Gasteiger partial charge < -0.3 is 5.32 Å². The standard InChI is InChI=1S/C11H13Cl2N3S2/c1-6(2)17-4-3-14-9-7(12)5-8(13)10-11(9)16-18-15-10/h5-6,14H,3-4H2,1-2H3. The van der Waals surface area contributed by atoms with Gasteiger partial charge >= 0.3 is 0 Å². The van der Waals surface area contributed by atoms with E-state index in [1.54, 1.807) is 6.07 Å². The third kappa shape index (κ3) is 3.20. The molecular formula is C11H13Cl2N3S2. The first-order valence-electron chi connectivity index (χ1n) is 5.55. The van der Waals surface area contributed by atoms with Crippen molar-refractivity contribution < 1.29 is 0 Å². The lowest BCUT2D eigenvalue weighted by Gasteiger charge is -2.12. The molecule has 0 saturated heterocycles. The van der Waals surface area contributed by atoms with Gasteiger partial charge in [0.2, 0.25) is 0 Å². The number of nitrogens with one attached hydrogen (secondary N) is 1. The van der Waals surface area contributed by atoms with Gasteiger partial charge in [0.1, 0.15) is 11.4 Å². The van der Waals surface area contributed by atoms with Crippen LogP contribution in [0.4, 0.5) is 17.1 Å². The first-order valence-corrected chi connectivity index (χ1v) is 8.09. The Balaban J connectivity index is 2.10. The van der Waals surface area contributed by atoms with Crippen molar-refractivity contribution in [2.75, 3.05) is 17.6 Å². The number of hydrogen-bond acceptors (Lipinski definition) is 4.